The Hall–Kier alpha value is -2.98. The van der Waals surface area contributed by atoms with Gasteiger partial charge in [-0.1, -0.05) is 41.6 Å². The predicted molar refractivity (Wildman–Crippen MR) is 114 cm³/mol. The smallest absolute Gasteiger partial charge is 0.305 e. The molecule has 10 heteroatoms. The topological polar surface area (TPSA) is 91.7 Å². The van der Waals surface area contributed by atoms with E-state index in [0.29, 0.717) is 5.88 Å². The highest BCUT2D eigenvalue weighted by Gasteiger charge is 2.19. The molecule has 8 nitrogen and oxygen atoms in total. The summed E-state index contributed by atoms with van der Waals surface area (Å²) in [6.45, 7) is 4.19. The Kier molecular flexibility index (Phi) is 5.20. The molecular weight excluding hydrogens is 408 g/mol. The van der Waals surface area contributed by atoms with E-state index in [1.165, 1.54) is 44.8 Å². The minimum absolute atomic E-state index is 0.0271. The Morgan fingerprint density at radius 3 is 2.66 bits per heavy atom. The molecule has 3 aromatic heterocycles. The first-order valence-corrected chi connectivity index (χ1v) is 10.6. The van der Waals surface area contributed by atoms with Crippen molar-refractivity contribution >= 4 is 28.8 Å². The van der Waals surface area contributed by atoms with Gasteiger partial charge in [-0.05, 0) is 19.4 Å². The van der Waals surface area contributed by atoms with E-state index in [-0.39, 0.29) is 5.69 Å². The van der Waals surface area contributed by atoms with Gasteiger partial charge in [-0.3, -0.25) is 14.8 Å². The lowest BCUT2D eigenvalue weighted by Crippen LogP contribution is -1.99. The lowest BCUT2D eigenvalue weighted by Gasteiger charge is -2.07. The number of nitrogens with zero attached hydrogens (tertiary/aromatic N) is 6. The van der Waals surface area contributed by atoms with Gasteiger partial charge in [-0.25, -0.2) is 0 Å². The normalized spacial score (nSPS) is 11.1. The molecule has 0 saturated heterocycles. The molecule has 0 radical (unpaired) electrons. The number of benzene rings is 1. The van der Waals surface area contributed by atoms with Crippen molar-refractivity contribution in [1.82, 2.24) is 24.5 Å². The van der Waals surface area contributed by atoms with E-state index in [0.717, 1.165) is 22.1 Å². The van der Waals surface area contributed by atoms with Gasteiger partial charge in [0.15, 0.2) is 11.0 Å². The molecule has 0 N–H and O–H groups in total. The van der Waals surface area contributed by atoms with Crippen LogP contribution in [-0.4, -0.2) is 29.5 Å². The molecule has 3 heterocycles. The fourth-order valence-corrected chi connectivity index (χ4v) is 4.65. The average Bonchev–Trinajstić information content (AvgIpc) is 3.40. The molecule has 0 atom stereocenters. The van der Waals surface area contributed by atoms with E-state index >= 15 is 0 Å². The fourth-order valence-electron chi connectivity index (χ4n) is 3.01. The van der Waals surface area contributed by atoms with E-state index in [1.54, 1.807) is 11.3 Å². The molecule has 0 fully saturated rings. The van der Waals surface area contributed by atoms with Crippen LogP contribution >= 0.6 is 23.1 Å². The summed E-state index contributed by atoms with van der Waals surface area (Å²) in [5.74, 6) is 1.20. The van der Waals surface area contributed by atoms with Crippen LogP contribution in [0.4, 0.5) is 5.69 Å². The van der Waals surface area contributed by atoms with Gasteiger partial charge < -0.3 is 4.57 Å². The van der Waals surface area contributed by atoms with Gasteiger partial charge in [0.1, 0.15) is 12.4 Å². The first-order chi connectivity index (χ1) is 13.9. The molecule has 0 aliphatic carbocycles. The number of aromatic nitrogens is 5. The molecule has 1 aromatic carbocycles. The number of hydrogen-bond acceptors (Lipinski definition) is 7. The summed E-state index contributed by atoms with van der Waals surface area (Å²) in [6.07, 6.45) is 2.65. The Morgan fingerprint density at radius 2 is 1.97 bits per heavy atom. The second-order valence-electron chi connectivity index (χ2n) is 6.58. The summed E-state index contributed by atoms with van der Waals surface area (Å²) in [6, 6.07) is 8.48. The highest BCUT2D eigenvalue weighted by atomic mass is 32.2. The van der Waals surface area contributed by atoms with Crippen LogP contribution in [-0.2, 0) is 12.9 Å². The second-order valence-corrected chi connectivity index (χ2v) is 8.58. The van der Waals surface area contributed by atoms with Crippen molar-refractivity contribution in [2.45, 2.75) is 24.9 Å². The summed E-state index contributed by atoms with van der Waals surface area (Å²) < 4.78 is 3.46. The fraction of sp³-hybridized carbons (Fsp3) is 0.211. The van der Waals surface area contributed by atoms with E-state index in [4.69, 9.17) is 0 Å². The van der Waals surface area contributed by atoms with Crippen LogP contribution in [0.2, 0.25) is 0 Å². The van der Waals surface area contributed by atoms with Crippen LogP contribution in [0.1, 0.15) is 10.4 Å². The molecule has 0 aliphatic rings. The first kappa shape index (κ1) is 19.3. The minimum Gasteiger partial charge on any atom is -0.305 e. The minimum atomic E-state index is -0.458. The number of rotatable bonds is 6. The molecular formula is C19H18N6O2S2. The third-order valence-electron chi connectivity index (χ3n) is 4.55. The zero-order valence-corrected chi connectivity index (χ0v) is 17.7. The van der Waals surface area contributed by atoms with Gasteiger partial charge in [0.2, 0.25) is 0 Å². The van der Waals surface area contributed by atoms with Gasteiger partial charge in [-0.2, -0.15) is 5.10 Å². The first-order valence-electron chi connectivity index (χ1n) is 8.78. The van der Waals surface area contributed by atoms with Crippen LogP contribution in [0.5, 0.6) is 0 Å². The summed E-state index contributed by atoms with van der Waals surface area (Å²) >= 11 is 3.11. The average molecular weight is 427 g/mol. The van der Waals surface area contributed by atoms with Gasteiger partial charge in [0.25, 0.3) is 0 Å². The van der Waals surface area contributed by atoms with Crippen molar-refractivity contribution < 1.29 is 4.92 Å². The van der Waals surface area contributed by atoms with Crippen molar-refractivity contribution in [3.05, 3.63) is 62.6 Å². The molecule has 0 unspecified atom stereocenters. The second kappa shape index (κ2) is 7.80. The Bertz CT molecular complexity index is 1180. The number of aryl methyl sites for hydroxylation is 2. The maximum atomic E-state index is 10.8. The quantitative estimate of drug-likeness (QED) is 0.252. The number of thiophene rings is 1. The predicted octanol–water partition coefficient (Wildman–Crippen LogP) is 4.68. The van der Waals surface area contributed by atoms with Crippen molar-refractivity contribution in [3.63, 3.8) is 0 Å². The molecule has 0 bridgehead atoms. The van der Waals surface area contributed by atoms with E-state index < -0.39 is 4.92 Å². The highest BCUT2D eigenvalue weighted by molar-refractivity contribution is 7.98. The maximum Gasteiger partial charge on any atom is 0.307 e. The molecule has 148 valence electrons. The molecule has 0 spiro atoms. The molecule has 4 aromatic rings. The molecule has 0 aliphatic heterocycles. The lowest BCUT2D eigenvalue weighted by atomic mass is 10.0. The molecule has 0 amide bonds. The molecule has 4 rings (SSSR count). The third kappa shape index (κ3) is 3.81. The third-order valence-corrected chi connectivity index (χ3v) is 6.47. The standard InChI is InChI=1S/C19H18N6O2S2/c1-12-4-6-14(7-5-12)17-13(2)28-10-16(17)18-21-22-19(23(18)3)29-11-24-9-15(8-20-24)25(26)27/h4-10H,11H2,1-3H3. The molecule has 0 saturated carbocycles. The van der Waals surface area contributed by atoms with E-state index in [9.17, 15) is 10.1 Å². The number of hydrogen-bond donors (Lipinski definition) is 0. The Balaban J connectivity index is 1.60. The highest BCUT2D eigenvalue weighted by Crippen LogP contribution is 2.39. The van der Waals surface area contributed by atoms with Crippen molar-refractivity contribution in [1.29, 1.82) is 0 Å². The zero-order valence-electron chi connectivity index (χ0n) is 16.1. The van der Waals surface area contributed by atoms with Gasteiger partial charge in [-0.15, -0.1) is 21.5 Å². The van der Waals surface area contributed by atoms with Crippen LogP contribution in [0.15, 0.2) is 47.2 Å². The summed E-state index contributed by atoms with van der Waals surface area (Å²) in [7, 11) is 1.93. The SMILES string of the molecule is Cc1ccc(-c2c(-c3nnc(SCn4cc([N+](=O)[O-])cn4)n3C)csc2C)cc1. The van der Waals surface area contributed by atoms with Crippen LogP contribution in [0.25, 0.3) is 22.5 Å². The lowest BCUT2D eigenvalue weighted by molar-refractivity contribution is -0.385. The van der Waals surface area contributed by atoms with E-state index in [1.807, 2.05) is 11.6 Å². The van der Waals surface area contributed by atoms with Gasteiger partial charge >= 0.3 is 5.69 Å². The van der Waals surface area contributed by atoms with Crippen molar-refractivity contribution in [3.8, 4) is 22.5 Å². The van der Waals surface area contributed by atoms with Crippen molar-refractivity contribution in [2.24, 2.45) is 7.05 Å². The summed E-state index contributed by atoms with van der Waals surface area (Å²) in [5.41, 5.74) is 4.57. The van der Waals surface area contributed by atoms with Gasteiger partial charge in [0.05, 0.1) is 10.8 Å². The monoisotopic (exact) mass is 426 g/mol. The van der Waals surface area contributed by atoms with E-state index in [2.05, 4.69) is 58.8 Å². The van der Waals surface area contributed by atoms with Crippen LogP contribution in [0.3, 0.4) is 0 Å². The number of thioether (sulfide) groups is 1. The Labute approximate surface area is 175 Å². The number of nitro groups is 1. The summed E-state index contributed by atoms with van der Waals surface area (Å²) in [5, 5.41) is 26.4. The maximum absolute atomic E-state index is 10.8. The summed E-state index contributed by atoms with van der Waals surface area (Å²) in [4.78, 5) is 11.6. The Morgan fingerprint density at radius 1 is 1.21 bits per heavy atom. The van der Waals surface area contributed by atoms with Crippen molar-refractivity contribution in [2.75, 3.05) is 0 Å². The van der Waals surface area contributed by atoms with Crippen LogP contribution < -0.4 is 0 Å². The van der Waals surface area contributed by atoms with Gasteiger partial charge in [0, 0.05) is 28.4 Å². The largest absolute Gasteiger partial charge is 0.307 e. The zero-order chi connectivity index (χ0) is 20.5. The molecule has 29 heavy (non-hydrogen) atoms. The van der Waals surface area contributed by atoms with Crippen LogP contribution in [0, 0.1) is 24.0 Å².